The summed E-state index contributed by atoms with van der Waals surface area (Å²) in [4.78, 5) is 0. The Morgan fingerprint density at radius 3 is 2.47 bits per heavy atom. The fourth-order valence-electron chi connectivity index (χ4n) is 1.69. The number of nitriles is 1. The van der Waals surface area contributed by atoms with Crippen LogP contribution in [0, 0.1) is 11.3 Å². The first-order valence-electron chi connectivity index (χ1n) is 5.10. The molecule has 0 aromatic heterocycles. The molecule has 76 valence electrons. The Hall–Kier alpha value is -1.59. The Bertz CT molecular complexity index is 407. The molecule has 1 aromatic rings. The number of benzene rings is 1. The van der Waals surface area contributed by atoms with E-state index in [1.54, 1.807) is 6.08 Å². The second-order valence-corrected chi connectivity index (χ2v) is 3.90. The first kappa shape index (κ1) is 9.95. The minimum atomic E-state index is -0.195. The van der Waals surface area contributed by atoms with Gasteiger partial charge in [0.1, 0.15) is 0 Å². The highest BCUT2D eigenvalue weighted by molar-refractivity contribution is 5.51. The van der Waals surface area contributed by atoms with E-state index in [-0.39, 0.29) is 12.0 Å². The summed E-state index contributed by atoms with van der Waals surface area (Å²) in [6.07, 6.45) is 5.53. The highest BCUT2D eigenvalue weighted by atomic mass is 16.2. The first-order valence-corrected chi connectivity index (χ1v) is 5.10. The molecule has 0 heterocycles. The maximum atomic E-state index is 9.02. The standard InChI is InChI=1S/C13H13NO/c14-10-13(7-8-13)12-5-3-11(4-6-12)2-1-9-15/h1-6,15H,7-9H2. The molecule has 0 bridgehead atoms. The molecule has 1 N–H and O–H groups in total. The predicted octanol–water partition coefficient (Wildman–Crippen LogP) is 2.25. The second-order valence-electron chi connectivity index (χ2n) is 3.90. The Morgan fingerprint density at radius 2 is 2.00 bits per heavy atom. The lowest BCUT2D eigenvalue weighted by molar-refractivity contribution is 0.343. The van der Waals surface area contributed by atoms with Crippen LogP contribution >= 0.6 is 0 Å². The van der Waals surface area contributed by atoms with Crippen LogP contribution in [0.25, 0.3) is 6.08 Å². The molecule has 0 atom stereocenters. The van der Waals surface area contributed by atoms with Gasteiger partial charge < -0.3 is 5.11 Å². The maximum absolute atomic E-state index is 9.02. The van der Waals surface area contributed by atoms with Crippen LogP contribution in [0.3, 0.4) is 0 Å². The van der Waals surface area contributed by atoms with Gasteiger partial charge in [0.15, 0.2) is 0 Å². The number of hydrogen-bond acceptors (Lipinski definition) is 2. The van der Waals surface area contributed by atoms with Gasteiger partial charge in [0.25, 0.3) is 0 Å². The van der Waals surface area contributed by atoms with Crippen LogP contribution in [0.4, 0.5) is 0 Å². The van der Waals surface area contributed by atoms with E-state index in [4.69, 9.17) is 10.4 Å². The fourth-order valence-corrected chi connectivity index (χ4v) is 1.69. The first-order chi connectivity index (χ1) is 7.30. The minimum absolute atomic E-state index is 0.0594. The molecule has 0 amide bonds. The number of rotatable bonds is 3. The molecule has 15 heavy (non-hydrogen) atoms. The molecular formula is C13H13NO. The zero-order valence-corrected chi connectivity index (χ0v) is 8.48. The normalized spacial score (nSPS) is 17.6. The van der Waals surface area contributed by atoms with Gasteiger partial charge in [-0.05, 0) is 24.0 Å². The minimum Gasteiger partial charge on any atom is -0.392 e. The lowest BCUT2D eigenvalue weighted by atomic mass is 9.97. The van der Waals surface area contributed by atoms with E-state index >= 15 is 0 Å². The number of aliphatic hydroxyl groups is 1. The Morgan fingerprint density at radius 1 is 1.33 bits per heavy atom. The van der Waals surface area contributed by atoms with Crippen molar-refractivity contribution in [1.82, 2.24) is 0 Å². The molecule has 2 rings (SSSR count). The quantitative estimate of drug-likeness (QED) is 0.811. The zero-order chi connectivity index (χ0) is 10.7. The Balaban J connectivity index is 2.18. The van der Waals surface area contributed by atoms with Crippen LogP contribution in [0.1, 0.15) is 24.0 Å². The summed E-state index contributed by atoms with van der Waals surface area (Å²) in [5.74, 6) is 0. The number of aliphatic hydroxyl groups excluding tert-OH is 1. The van der Waals surface area contributed by atoms with Gasteiger partial charge in [-0.2, -0.15) is 5.26 Å². The summed E-state index contributed by atoms with van der Waals surface area (Å²) in [7, 11) is 0. The van der Waals surface area contributed by atoms with E-state index in [0.29, 0.717) is 0 Å². The van der Waals surface area contributed by atoms with Crippen molar-refractivity contribution >= 4 is 6.08 Å². The SMILES string of the molecule is N#CC1(c2ccc(C=CCO)cc2)CC1. The summed E-state index contributed by atoms with van der Waals surface area (Å²) in [6.45, 7) is 0.0594. The van der Waals surface area contributed by atoms with Crippen molar-refractivity contribution in [2.45, 2.75) is 18.3 Å². The maximum Gasteiger partial charge on any atom is 0.0823 e. The van der Waals surface area contributed by atoms with Crippen molar-refractivity contribution in [3.8, 4) is 6.07 Å². The van der Waals surface area contributed by atoms with Gasteiger partial charge in [0.05, 0.1) is 18.1 Å². The molecule has 1 saturated carbocycles. The summed E-state index contributed by atoms with van der Waals surface area (Å²) in [5.41, 5.74) is 1.98. The van der Waals surface area contributed by atoms with Gasteiger partial charge in [-0.25, -0.2) is 0 Å². The van der Waals surface area contributed by atoms with Crippen molar-refractivity contribution in [1.29, 1.82) is 5.26 Å². The fraction of sp³-hybridized carbons (Fsp3) is 0.308. The van der Waals surface area contributed by atoms with Crippen LogP contribution in [0.2, 0.25) is 0 Å². The Labute approximate surface area is 89.5 Å². The van der Waals surface area contributed by atoms with Crippen molar-refractivity contribution in [2.75, 3.05) is 6.61 Å². The van der Waals surface area contributed by atoms with Crippen LogP contribution < -0.4 is 0 Å². The van der Waals surface area contributed by atoms with Gasteiger partial charge in [-0.3, -0.25) is 0 Å². The lowest BCUT2D eigenvalue weighted by Gasteiger charge is -2.05. The number of nitrogens with zero attached hydrogens (tertiary/aromatic N) is 1. The topological polar surface area (TPSA) is 44.0 Å². The van der Waals surface area contributed by atoms with E-state index in [0.717, 1.165) is 24.0 Å². The van der Waals surface area contributed by atoms with E-state index < -0.39 is 0 Å². The molecule has 0 saturated heterocycles. The molecule has 1 fully saturated rings. The number of hydrogen-bond donors (Lipinski definition) is 1. The van der Waals surface area contributed by atoms with E-state index in [1.165, 1.54) is 0 Å². The van der Waals surface area contributed by atoms with Crippen molar-refractivity contribution in [2.24, 2.45) is 0 Å². The van der Waals surface area contributed by atoms with Gasteiger partial charge in [-0.1, -0.05) is 36.4 Å². The van der Waals surface area contributed by atoms with E-state index in [2.05, 4.69) is 6.07 Å². The van der Waals surface area contributed by atoms with E-state index in [9.17, 15) is 0 Å². The highest BCUT2D eigenvalue weighted by Crippen LogP contribution is 2.47. The van der Waals surface area contributed by atoms with Crippen LogP contribution in [0.5, 0.6) is 0 Å². The van der Waals surface area contributed by atoms with Gasteiger partial charge in [0, 0.05) is 0 Å². The van der Waals surface area contributed by atoms with Crippen LogP contribution in [-0.2, 0) is 5.41 Å². The molecule has 0 aliphatic heterocycles. The average Bonchev–Trinajstić information content (AvgIpc) is 3.08. The molecule has 1 aliphatic rings. The van der Waals surface area contributed by atoms with E-state index in [1.807, 2.05) is 30.3 Å². The monoisotopic (exact) mass is 199 g/mol. The average molecular weight is 199 g/mol. The van der Waals surface area contributed by atoms with Crippen LogP contribution in [-0.4, -0.2) is 11.7 Å². The Kier molecular flexibility index (Phi) is 2.57. The largest absolute Gasteiger partial charge is 0.392 e. The molecular weight excluding hydrogens is 186 g/mol. The summed E-state index contributed by atoms with van der Waals surface area (Å²) >= 11 is 0. The molecule has 0 unspecified atom stereocenters. The molecule has 0 spiro atoms. The van der Waals surface area contributed by atoms with Crippen LogP contribution in [0.15, 0.2) is 30.3 Å². The summed E-state index contributed by atoms with van der Waals surface area (Å²) < 4.78 is 0. The third-order valence-corrected chi connectivity index (χ3v) is 2.84. The summed E-state index contributed by atoms with van der Waals surface area (Å²) in [5, 5.41) is 17.7. The molecule has 2 nitrogen and oxygen atoms in total. The summed E-state index contributed by atoms with van der Waals surface area (Å²) in [6, 6.07) is 10.4. The lowest BCUT2D eigenvalue weighted by Crippen LogP contribution is -2.01. The van der Waals surface area contributed by atoms with Crippen molar-refractivity contribution in [3.05, 3.63) is 41.5 Å². The van der Waals surface area contributed by atoms with Crippen molar-refractivity contribution < 1.29 is 5.11 Å². The zero-order valence-electron chi connectivity index (χ0n) is 8.48. The van der Waals surface area contributed by atoms with Gasteiger partial charge in [-0.15, -0.1) is 0 Å². The highest BCUT2D eigenvalue weighted by Gasteiger charge is 2.44. The third kappa shape index (κ3) is 1.93. The molecule has 0 radical (unpaired) electrons. The molecule has 1 aliphatic carbocycles. The smallest absolute Gasteiger partial charge is 0.0823 e. The molecule has 2 heteroatoms. The molecule has 1 aromatic carbocycles. The van der Waals surface area contributed by atoms with Gasteiger partial charge >= 0.3 is 0 Å². The second kappa shape index (κ2) is 3.88. The van der Waals surface area contributed by atoms with Gasteiger partial charge in [0.2, 0.25) is 0 Å². The predicted molar refractivity (Wildman–Crippen MR) is 59.1 cm³/mol. The third-order valence-electron chi connectivity index (χ3n) is 2.84. The van der Waals surface area contributed by atoms with Crippen molar-refractivity contribution in [3.63, 3.8) is 0 Å².